The Hall–Kier alpha value is -1.36. The zero-order valence-corrected chi connectivity index (χ0v) is 12.9. The Morgan fingerprint density at radius 3 is 2.75 bits per heavy atom. The summed E-state index contributed by atoms with van der Waals surface area (Å²) in [5.74, 6) is -0.436. The van der Waals surface area contributed by atoms with Crippen molar-refractivity contribution in [2.75, 3.05) is 0 Å². The summed E-state index contributed by atoms with van der Waals surface area (Å²) in [6, 6.07) is 1.98. The maximum atomic E-state index is 12.0. The van der Waals surface area contributed by atoms with Crippen LogP contribution in [0, 0.1) is 5.92 Å². The van der Waals surface area contributed by atoms with Crippen LogP contribution in [0.25, 0.3) is 0 Å². The summed E-state index contributed by atoms with van der Waals surface area (Å²) in [6.45, 7) is 3.79. The molecule has 2 amide bonds. The van der Waals surface area contributed by atoms with E-state index in [-0.39, 0.29) is 17.7 Å². The van der Waals surface area contributed by atoms with Gasteiger partial charge in [-0.1, -0.05) is 20.3 Å². The van der Waals surface area contributed by atoms with Crippen molar-refractivity contribution in [2.45, 2.75) is 52.4 Å². The van der Waals surface area contributed by atoms with Gasteiger partial charge in [-0.25, -0.2) is 0 Å². The number of rotatable bonds is 3. The molecule has 1 aromatic rings. The summed E-state index contributed by atoms with van der Waals surface area (Å²) in [4.78, 5) is 25.7. The quantitative estimate of drug-likeness (QED) is 0.665. The molecule has 1 aromatic heterocycles. The summed E-state index contributed by atoms with van der Waals surface area (Å²) < 4.78 is 0. The molecule has 2 rings (SSSR count). The maximum Gasteiger partial charge on any atom is 0.279 e. The fourth-order valence-corrected chi connectivity index (χ4v) is 3.42. The minimum Gasteiger partial charge on any atom is -0.273 e. The van der Waals surface area contributed by atoms with Gasteiger partial charge in [0.1, 0.15) is 0 Å². The van der Waals surface area contributed by atoms with E-state index in [1.807, 2.05) is 19.9 Å². The number of aryl methyl sites for hydroxylation is 2. The third-order valence-electron chi connectivity index (χ3n) is 3.83. The lowest BCUT2D eigenvalue weighted by Gasteiger charge is -2.10. The molecule has 1 atom stereocenters. The second-order valence-electron chi connectivity index (χ2n) is 5.37. The van der Waals surface area contributed by atoms with Gasteiger partial charge in [0, 0.05) is 10.8 Å². The second kappa shape index (κ2) is 6.88. The highest BCUT2D eigenvalue weighted by Gasteiger charge is 2.17. The lowest BCUT2D eigenvalue weighted by atomic mass is 10.1. The third-order valence-corrected chi connectivity index (χ3v) is 5.07. The number of carbonyl (C=O) groups is 2. The Morgan fingerprint density at radius 2 is 2.00 bits per heavy atom. The summed E-state index contributed by atoms with van der Waals surface area (Å²) in [5, 5.41) is 0. The number of hydrogen-bond donors (Lipinski definition) is 2. The van der Waals surface area contributed by atoms with Crippen molar-refractivity contribution in [1.82, 2.24) is 10.9 Å². The van der Waals surface area contributed by atoms with Crippen molar-refractivity contribution in [1.29, 1.82) is 0 Å². The van der Waals surface area contributed by atoms with Crippen LogP contribution in [0.3, 0.4) is 0 Å². The molecule has 1 aliphatic carbocycles. The molecule has 20 heavy (non-hydrogen) atoms. The summed E-state index contributed by atoms with van der Waals surface area (Å²) >= 11 is 1.56. The smallest absolute Gasteiger partial charge is 0.273 e. The number of carbonyl (C=O) groups excluding carboxylic acids is 2. The minimum atomic E-state index is -0.209. The molecule has 2 N–H and O–H groups in total. The third kappa shape index (κ3) is 3.60. The number of hydrogen-bond acceptors (Lipinski definition) is 3. The molecule has 0 spiro atoms. The van der Waals surface area contributed by atoms with Gasteiger partial charge in [0.25, 0.3) is 5.91 Å². The highest BCUT2D eigenvalue weighted by Crippen LogP contribution is 2.28. The van der Waals surface area contributed by atoms with Crippen LogP contribution >= 0.6 is 11.3 Å². The highest BCUT2D eigenvalue weighted by atomic mass is 32.1. The van der Waals surface area contributed by atoms with E-state index in [0.29, 0.717) is 4.88 Å². The van der Waals surface area contributed by atoms with Crippen LogP contribution in [0.5, 0.6) is 0 Å². The van der Waals surface area contributed by atoms with Gasteiger partial charge in [-0.3, -0.25) is 20.4 Å². The zero-order chi connectivity index (χ0) is 14.5. The first-order valence-corrected chi connectivity index (χ1v) is 8.15. The Labute approximate surface area is 123 Å². The molecule has 110 valence electrons. The van der Waals surface area contributed by atoms with E-state index in [2.05, 4.69) is 10.9 Å². The molecule has 0 bridgehead atoms. The predicted molar refractivity (Wildman–Crippen MR) is 80.6 cm³/mol. The molecule has 0 fully saturated rings. The first-order valence-electron chi connectivity index (χ1n) is 7.33. The second-order valence-corrected chi connectivity index (χ2v) is 6.51. The fraction of sp³-hybridized carbons (Fsp3) is 0.600. The number of nitrogens with one attached hydrogen (secondary N) is 2. The predicted octanol–water partition coefficient (Wildman–Crippen LogP) is 2.82. The maximum absolute atomic E-state index is 12.0. The van der Waals surface area contributed by atoms with Gasteiger partial charge in [-0.05, 0) is 43.7 Å². The minimum absolute atomic E-state index is 0.0876. The molecule has 1 heterocycles. The van der Waals surface area contributed by atoms with Crippen molar-refractivity contribution in [3.63, 3.8) is 0 Å². The van der Waals surface area contributed by atoms with Gasteiger partial charge in [0.05, 0.1) is 4.88 Å². The molecule has 0 aliphatic heterocycles. The molecule has 0 aromatic carbocycles. The molecular weight excluding hydrogens is 272 g/mol. The molecular formula is C15H22N2O2S. The van der Waals surface area contributed by atoms with Gasteiger partial charge >= 0.3 is 0 Å². The average Bonchev–Trinajstić information content (AvgIpc) is 2.74. The van der Waals surface area contributed by atoms with Crippen LogP contribution in [-0.2, 0) is 17.6 Å². The summed E-state index contributed by atoms with van der Waals surface area (Å²) in [5.41, 5.74) is 6.31. The van der Waals surface area contributed by atoms with Gasteiger partial charge in [-0.15, -0.1) is 11.3 Å². The molecule has 0 radical (unpaired) electrons. The Kier molecular flexibility index (Phi) is 5.17. The number of hydrazine groups is 1. The van der Waals surface area contributed by atoms with Gasteiger partial charge in [0.15, 0.2) is 0 Å². The standard InChI is InChI=1S/C15H22N2O2S/c1-3-10(2)14(18)16-17-15(19)13-9-11-7-5-4-6-8-12(11)20-13/h9-10H,3-8H2,1-2H3,(H,16,18)(H,17,19)/t10-/m1/s1. The number of thiophene rings is 1. The van der Waals surface area contributed by atoms with Crippen LogP contribution in [0.2, 0.25) is 0 Å². The van der Waals surface area contributed by atoms with Crippen molar-refractivity contribution < 1.29 is 9.59 Å². The Balaban J connectivity index is 1.94. The topological polar surface area (TPSA) is 58.2 Å². The SMILES string of the molecule is CC[C@@H](C)C(=O)NNC(=O)c1cc2c(s1)CCCCC2. The largest absolute Gasteiger partial charge is 0.279 e. The van der Waals surface area contributed by atoms with Crippen LogP contribution in [0.15, 0.2) is 6.07 Å². The Bertz CT molecular complexity index is 473. The van der Waals surface area contributed by atoms with Crippen LogP contribution in [0.1, 0.15) is 59.6 Å². The van der Waals surface area contributed by atoms with Crippen LogP contribution in [0.4, 0.5) is 0 Å². The average molecular weight is 294 g/mol. The monoisotopic (exact) mass is 294 g/mol. The normalized spacial score (nSPS) is 15.9. The van der Waals surface area contributed by atoms with E-state index < -0.39 is 0 Å². The van der Waals surface area contributed by atoms with Crippen molar-refractivity contribution in [3.05, 3.63) is 21.4 Å². The number of amides is 2. The van der Waals surface area contributed by atoms with E-state index in [4.69, 9.17) is 0 Å². The van der Waals surface area contributed by atoms with E-state index in [1.165, 1.54) is 29.7 Å². The van der Waals surface area contributed by atoms with Crippen LogP contribution in [-0.4, -0.2) is 11.8 Å². The van der Waals surface area contributed by atoms with E-state index in [1.54, 1.807) is 11.3 Å². The lowest BCUT2D eigenvalue weighted by molar-refractivity contribution is -0.125. The van der Waals surface area contributed by atoms with Gasteiger partial charge in [-0.2, -0.15) is 0 Å². The van der Waals surface area contributed by atoms with Crippen molar-refractivity contribution >= 4 is 23.2 Å². The Morgan fingerprint density at radius 1 is 1.25 bits per heavy atom. The van der Waals surface area contributed by atoms with Crippen molar-refractivity contribution in [3.8, 4) is 0 Å². The van der Waals surface area contributed by atoms with Crippen molar-refractivity contribution in [2.24, 2.45) is 5.92 Å². The van der Waals surface area contributed by atoms with Gasteiger partial charge in [0.2, 0.25) is 5.91 Å². The summed E-state index contributed by atoms with van der Waals surface area (Å²) in [7, 11) is 0. The first kappa shape index (κ1) is 15.0. The molecule has 0 saturated heterocycles. The molecule has 0 unspecified atom stereocenters. The van der Waals surface area contributed by atoms with E-state index in [9.17, 15) is 9.59 Å². The molecule has 5 heteroatoms. The van der Waals surface area contributed by atoms with Crippen LogP contribution < -0.4 is 10.9 Å². The first-order chi connectivity index (χ1) is 9.61. The highest BCUT2D eigenvalue weighted by molar-refractivity contribution is 7.14. The zero-order valence-electron chi connectivity index (χ0n) is 12.1. The molecule has 0 saturated carbocycles. The fourth-order valence-electron chi connectivity index (χ4n) is 2.27. The number of fused-ring (bicyclic) bond motifs is 1. The van der Waals surface area contributed by atoms with Gasteiger partial charge < -0.3 is 0 Å². The molecule has 4 nitrogen and oxygen atoms in total. The van der Waals surface area contributed by atoms with E-state index >= 15 is 0 Å². The summed E-state index contributed by atoms with van der Waals surface area (Å²) in [6.07, 6.45) is 6.59. The molecule has 1 aliphatic rings. The van der Waals surface area contributed by atoms with E-state index in [0.717, 1.165) is 19.3 Å². The lowest BCUT2D eigenvalue weighted by Crippen LogP contribution is -2.43.